The largest absolute Gasteiger partial charge is 0.520 e. The molecule has 0 N–H and O–H groups in total. The van der Waals surface area contributed by atoms with E-state index in [-0.39, 0.29) is 32.4 Å². The zero-order valence-electron chi connectivity index (χ0n) is 6.41. The van der Waals surface area contributed by atoms with Crippen molar-refractivity contribution in [3.8, 4) is 0 Å². The van der Waals surface area contributed by atoms with Crippen LogP contribution in [0.25, 0.3) is 0 Å². The van der Waals surface area contributed by atoms with Gasteiger partial charge in [0.25, 0.3) is 0 Å². The predicted molar refractivity (Wildman–Crippen MR) is 55.0 cm³/mol. The van der Waals surface area contributed by atoms with Crippen LogP contribution in [0.4, 0.5) is 0 Å². The Hall–Kier alpha value is 0.0375. The minimum Gasteiger partial charge on any atom is -0.520 e. The highest BCUT2D eigenvalue weighted by Crippen LogP contribution is 1.91. The van der Waals surface area contributed by atoms with Crippen LogP contribution in [-0.4, -0.2) is 47.1 Å². The summed E-state index contributed by atoms with van der Waals surface area (Å²) in [6.07, 6.45) is 2.08. The van der Waals surface area contributed by atoms with Crippen LogP contribution < -0.4 is 0 Å². The molecular formula is C4H12O3Si4. The molecule has 1 unspecified atom stereocenters. The highest BCUT2D eigenvalue weighted by atomic mass is 29.7. The van der Waals surface area contributed by atoms with E-state index in [1.165, 1.54) is 6.08 Å². The average Bonchev–Trinajstić information content (AvgIpc) is 2.06. The monoisotopic (exact) mass is 220 g/mol. The fraction of sp³-hybridized carbons (Fsp3) is 0.250. The fourth-order valence-corrected chi connectivity index (χ4v) is 38.0. The molecule has 1 rings (SSSR count). The molecule has 0 aromatic carbocycles. The lowest BCUT2D eigenvalue weighted by atomic mass is 10.7. The third-order valence-electron chi connectivity index (χ3n) is 1.57. The first-order valence-corrected chi connectivity index (χ1v) is 16.9. The van der Waals surface area contributed by atoms with Crippen LogP contribution >= 0.6 is 0 Å². The first-order chi connectivity index (χ1) is 5.33. The number of hydrogen-bond donors (Lipinski definition) is 0. The summed E-state index contributed by atoms with van der Waals surface area (Å²) in [4.78, 5) is 10.8. The van der Waals surface area contributed by atoms with Gasteiger partial charge in [-0.05, 0) is 0 Å². The Kier molecular flexibility index (Phi) is 4.00. The van der Waals surface area contributed by atoms with Crippen LogP contribution in [0.3, 0.4) is 0 Å². The Morgan fingerprint density at radius 3 is 3.18 bits per heavy atom. The summed E-state index contributed by atoms with van der Waals surface area (Å²) in [6, 6.07) is 0. The Labute approximate surface area is 73.8 Å². The van der Waals surface area contributed by atoms with Gasteiger partial charge in [-0.2, -0.15) is 0 Å². The van der Waals surface area contributed by atoms with Crippen molar-refractivity contribution in [2.75, 3.05) is 6.23 Å². The summed E-state index contributed by atoms with van der Waals surface area (Å²) in [5.41, 5.74) is 0. The van der Waals surface area contributed by atoms with E-state index in [0.29, 0.717) is 0 Å². The van der Waals surface area contributed by atoms with E-state index in [1.54, 1.807) is 0 Å². The molecule has 0 bridgehead atoms. The highest BCUT2D eigenvalue weighted by Gasteiger charge is 2.20. The van der Waals surface area contributed by atoms with Gasteiger partial charge in [0.1, 0.15) is 9.28 Å². The molecule has 0 aliphatic carbocycles. The maximum Gasteiger partial charge on any atom is 0.316 e. The minimum absolute atomic E-state index is 0.0453. The summed E-state index contributed by atoms with van der Waals surface area (Å²) in [6.45, 7) is 3.37. The van der Waals surface area contributed by atoms with Crippen molar-refractivity contribution < 1.29 is 13.6 Å². The van der Waals surface area contributed by atoms with Crippen LogP contribution in [-0.2, 0) is 13.6 Å². The van der Waals surface area contributed by atoms with Gasteiger partial charge in [-0.3, -0.25) is 0 Å². The molecule has 1 fully saturated rings. The van der Waals surface area contributed by atoms with E-state index in [0.717, 1.165) is 6.23 Å². The van der Waals surface area contributed by atoms with Crippen molar-refractivity contribution in [3.05, 3.63) is 12.7 Å². The first kappa shape index (κ1) is 9.13. The molecule has 1 saturated heterocycles. The second-order valence-corrected chi connectivity index (χ2v) is 25.8. The minimum atomic E-state index is -1.11. The summed E-state index contributed by atoms with van der Waals surface area (Å²) in [5.74, 6) is -0.227. The zero-order chi connectivity index (χ0) is 8.10. The van der Waals surface area contributed by atoms with Crippen LogP contribution in [0.5, 0.6) is 0 Å². The van der Waals surface area contributed by atoms with Crippen molar-refractivity contribution in [2.24, 2.45) is 0 Å². The molecule has 0 aromatic rings. The lowest BCUT2D eigenvalue weighted by Crippen LogP contribution is -2.45. The third kappa shape index (κ3) is 3.29. The van der Waals surface area contributed by atoms with Gasteiger partial charge < -0.3 is 8.85 Å². The smallest absolute Gasteiger partial charge is 0.316 e. The molecule has 0 spiro atoms. The summed E-state index contributed by atoms with van der Waals surface area (Å²) >= 11 is 0. The van der Waals surface area contributed by atoms with Gasteiger partial charge in [-0.25, -0.2) is 4.79 Å². The van der Waals surface area contributed by atoms with E-state index in [4.69, 9.17) is 8.85 Å². The molecule has 1 aliphatic heterocycles. The molecule has 62 valence electrons. The Morgan fingerprint density at radius 2 is 2.64 bits per heavy atom. The molecule has 0 amide bonds. The van der Waals surface area contributed by atoms with Crippen molar-refractivity contribution in [3.63, 3.8) is 0 Å². The van der Waals surface area contributed by atoms with Gasteiger partial charge in [0, 0.05) is 23.2 Å². The lowest BCUT2D eigenvalue weighted by molar-refractivity contribution is -0.129. The standard InChI is InChI=1S/C4H12O3Si4/c1-2-4(5)7-11-3-6-8-9-10-11/h2,11H,1,3,8-10H2. The second kappa shape index (κ2) is 4.82. The van der Waals surface area contributed by atoms with E-state index in [1.807, 2.05) is 0 Å². The van der Waals surface area contributed by atoms with Crippen molar-refractivity contribution >= 4 is 40.9 Å². The summed E-state index contributed by atoms with van der Waals surface area (Å²) < 4.78 is 10.6. The van der Waals surface area contributed by atoms with Crippen LogP contribution in [0.2, 0.25) is 0 Å². The number of carbonyl (C=O) groups excluding carboxylic acids is 1. The molecular weight excluding hydrogens is 208 g/mol. The Bertz CT molecular complexity index is 155. The summed E-state index contributed by atoms with van der Waals surface area (Å²) in [5, 5.41) is 0. The average molecular weight is 220 g/mol. The Morgan fingerprint density at radius 1 is 1.82 bits per heavy atom. The quantitative estimate of drug-likeness (QED) is 0.362. The molecule has 7 heteroatoms. The molecule has 0 saturated carbocycles. The molecule has 0 radical (unpaired) electrons. The first-order valence-electron chi connectivity index (χ1n) is 3.73. The molecule has 3 nitrogen and oxygen atoms in total. The second-order valence-electron chi connectivity index (χ2n) is 2.48. The highest BCUT2D eigenvalue weighted by molar-refractivity contribution is 7.47. The van der Waals surface area contributed by atoms with E-state index in [2.05, 4.69) is 6.58 Å². The van der Waals surface area contributed by atoms with Crippen LogP contribution in [0.15, 0.2) is 12.7 Å². The van der Waals surface area contributed by atoms with Crippen molar-refractivity contribution in [1.82, 2.24) is 0 Å². The third-order valence-corrected chi connectivity index (χ3v) is 34.3. The molecule has 1 atom stereocenters. The topological polar surface area (TPSA) is 35.5 Å². The van der Waals surface area contributed by atoms with Gasteiger partial charge >= 0.3 is 5.97 Å². The maximum absolute atomic E-state index is 10.8. The maximum atomic E-state index is 10.8. The number of hydrogen-bond acceptors (Lipinski definition) is 3. The van der Waals surface area contributed by atoms with Gasteiger partial charge in [-0.1, -0.05) is 6.58 Å². The van der Waals surface area contributed by atoms with Crippen molar-refractivity contribution in [2.45, 2.75) is 0 Å². The zero-order valence-corrected chi connectivity index (χ0v) is 11.8. The van der Waals surface area contributed by atoms with E-state index in [9.17, 15) is 4.79 Å². The van der Waals surface area contributed by atoms with Gasteiger partial charge in [0.2, 0.25) is 8.56 Å². The number of rotatable bonds is 2. The molecule has 11 heavy (non-hydrogen) atoms. The van der Waals surface area contributed by atoms with Gasteiger partial charge in [0.15, 0.2) is 0 Å². The molecule has 1 heterocycles. The predicted octanol–water partition coefficient (Wildman–Crippen LogP) is -3.24. The molecule has 1 aliphatic rings. The van der Waals surface area contributed by atoms with E-state index < -0.39 is 8.56 Å². The van der Waals surface area contributed by atoms with Crippen LogP contribution in [0, 0.1) is 0 Å². The molecule has 0 aromatic heterocycles. The fourth-order valence-electron chi connectivity index (χ4n) is 1.02. The SMILES string of the molecule is C=CC(=O)O[SiH]1CO[SiH2][SiH2][SiH2]1. The van der Waals surface area contributed by atoms with Crippen LogP contribution in [0.1, 0.15) is 0 Å². The lowest BCUT2D eigenvalue weighted by Gasteiger charge is -2.19. The Balaban J connectivity index is 2.24. The number of carbonyl (C=O) groups is 1. The van der Waals surface area contributed by atoms with Gasteiger partial charge in [-0.15, -0.1) is 0 Å². The van der Waals surface area contributed by atoms with E-state index >= 15 is 0 Å². The van der Waals surface area contributed by atoms with Crippen molar-refractivity contribution in [1.29, 1.82) is 0 Å². The summed E-state index contributed by atoms with van der Waals surface area (Å²) in [7, 11) is -0.844. The van der Waals surface area contributed by atoms with Gasteiger partial charge in [0.05, 0.1) is 6.23 Å². The normalized spacial score (nSPS) is 30.7.